The molecule has 17 N–H and O–H groups in total. The molecule has 29 nitrogen and oxygen atoms in total. The predicted molar refractivity (Wildman–Crippen MR) is 282 cm³/mol. The van der Waals surface area contributed by atoms with E-state index < -0.39 is 198 Å². The van der Waals surface area contributed by atoms with Crippen molar-refractivity contribution in [1.82, 2.24) is 36.4 Å². The number of carbonyl (C=O) groups is 8. The number of nitrogens with two attached hydrogens (primary N) is 1. The Morgan fingerprint density at radius 2 is 1.30 bits per heavy atom. The van der Waals surface area contributed by atoms with Gasteiger partial charge in [-0.15, -0.1) is 0 Å². The summed E-state index contributed by atoms with van der Waals surface area (Å²) in [4.78, 5) is 113. The fourth-order valence-electron chi connectivity index (χ4n) is 10.1. The van der Waals surface area contributed by atoms with E-state index >= 15 is 0 Å². The summed E-state index contributed by atoms with van der Waals surface area (Å²) in [6, 6.07) is -10.5. The molecule has 8 amide bonds. The molecule has 15 atom stereocenters. The van der Waals surface area contributed by atoms with Crippen molar-refractivity contribution in [2.24, 2.45) is 11.7 Å². The highest BCUT2D eigenvalue weighted by molar-refractivity contribution is 7.81. The van der Waals surface area contributed by atoms with Crippen molar-refractivity contribution in [3.05, 3.63) is 23.8 Å². The minimum Gasteiger partial charge on any atom is -0.504 e. The number of primary amides is 1. The molecule has 1 aromatic carbocycles. The molecule has 1 aromatic rings. The van der Waals surface area contributed by atoms with E-state index in [1.807, 2.05) is 10.6 Å². The molecule has 81 heavy (non-hydrogen) atoms. The van der Waals surface area contributed by atoms with Crippen LogP contribution in [0.1, 0.15) is 142 Å². The van der Waals surface area contributed by atoms with Crippen LogP contribution in [0.3, 0.4) is 0 Å². The second-order valence-corrected chi connectivity index (χ2v) is 22.3. The van der Waals surface area contributed by atoms with E-state index in [4.69, 9.17) is 5.73 Å². The SMILES string of the molecule is CCCCCCCCCCCCCCCC(=O)N[C@H]1C[C@@H](O)[C@@H](O)NC(=O)[C@@H]2[C@@H](O)[C@@H](C)CN2C(=O)[C@H]([C@H](O)CC(N)=O)NC(=O)C([C@H](O)[C@@H](O)c2ccc(O)c(OS(=O)(=O)O)c2)NC(=O)[C@@H]2C[C@@H](O)CN2C(=O)C([C@@H](C)O)NC1=O. The Bertz CT molecular complexity index is 2440. The van der Waals surface area contributed by atoms with Crippen molar-refractivity contribution >= 4 is 57.7 Å². The van der Waals surface area contributed by atoms with Crippen molar-refractivity contribution in [2.45, 2.75) is 215 Å². The molecule has 3 saturated heterocycles. The third-order valence-electron chi connectivity index (χ3n) is 14.6. The zero-order chi connectivity index (χ0) is 60.5. The number of hydrogen-bond donors (Lipinski definition) is 16. The molecule has 0 bridgehead atoms. The molecule has 3 aliphatic rings. The van der Waals surface area contributed by atoms with Crippen LogP contribution < -0.4 is 36.5 Å². The first-order chi connectivity index (χ1) is 38.1. The number of unbranched alkanes of at least 4 members (excludes halogenated alkanes) is 12. The van der Waals surface area contributed by atoms with Gasteiger partial charge < -0.3 is 92.3 Å². The van der Waals surface area contributed by atoms with Crippen molar-refractivity contribution < 1.29 is 101 Å². The Labute approximate surface area is 469 Å². The number of phenols is 1. The van der Waals surface area contributed by atoms with Gasteiger partial charge in [-0.1, -0.05) is 97.0 Å². The number of rotatable bonds is 24. The Morgan fingerprint density at radius 1 is 0.741 bits per heavy atom. The third kappa shape index (κ3) is 19.9. The third-order valence-corrected chi connectivity index (χ3v) is 15.0. The van der Waals surface area contributed by atoms with Gasteiger partial charge in [-0.3, -0.25) is 42.9 Å². The van der Waals surface area contributed by atoms with Crippen LogP contribution in [0.25, 0.3) is 0 Å². The summed E-state index contributed by atoms with van der Waals surface area (Å²) < 4.78 is 36.6. The number of nitrogens with one attached hydrogen (secondary N) is 5. The molecular weight excluding hydrogens is 1090 g/mol. The van der Waals surface area contributed by atoms with E-state index in [9.17, 15) is 97.3 Å². The maximum atomic E-state index is 14.6. The van der Waals surface area contributed by atoms with Gasteiger partial charge in [0.25, 0.3) is 0 Å². The topological polar surface area (TPSA) is 475 Å². The Hall–Kier alpha value is -5.83. The standard InChI is InChI=1S/C51H82N8O21S/c1-4-5-6-7-8-9-10-11-12-13-14-15-16-17-37(66)53-30-22-34(64)47(72)57-49(74)41-42(67)26(2)24-59(41)51(76)39(33(63)23-36(52)65)55-48(73)40(44(69)43(68)28-18-19-32(62)35(20-28)80-81(77,78)79)56-46(71)31-21-29(61)25-58(31)50(75)38(27(3)60)54-45(30)70/h18-20,26-27,29-31,33-34,38-44,47,60-64,67-69,72H,4-17,21-25H2,1-3H3,(H2,52,65)(H,53,66)(H,54,70)(H,55,73)(H,56,71)(H,57,74)(H,77,78,79)/t26-,27+,29+,30-,31-,33+,34+,38?,39-,40?,41-,42-,43-,44-,47+/m0/s1. The normalized spacial score (nSPS) is 28.0. The van der Waals surface area contributed by atoms with Gasteiger partial charge in [0.2, 0.25) is 47.3 Å². The van der Waals surface area contributed by atoms with Crippen LogP contribution in [0.2, 0.25) is 0 Å². The molecule has 0 aromatic heterocycles. The molecule has 0 saturated carbocycles. The molecule has 4 rings (SSSR count). The lowest BCUT2D eigenvalue weighted by Crippen LogP contribution is -2.64. The van der Waals surface area contributed by atoms with Crippen LogP contribution in [-0.4, -0.2) is 208 Å². The Balaban J connectivity index is 1.74. The summed E-state index contributed by atoms with van der Waals surface area (Å²) >= 11 is 0. The molecule has 3 aliphatic heterocycles. The van der Waals surface area contributed by atoms with Gasteiger partial charge in [0, 0.05) is 38.3 Å². The number of hydrogen-bond acceptors (Lipinski definition) is 20. The summed E-state index contributed by atoms with van der Waals surface area (Å²) in [7, 11) is -5.33. The number of benzene rings is 1. The highest BCUT2D eigenvalue weighted by atomic mass is 32.3. The van der Waals surface area contributed by atoms with Gasteiger partial charge in [0.1, 0.15) is 54.6 Å². The lowest BCUT2D eigenvalue weighted by Gasteiger charge is -2.34. The number of phenolic OH excluding ortho intramolecular Hbond substituents is 1. The fourth-order valence-corrected chi connectivity index (χ4v) is 10.4. The highest BCUT2D eigenvalue weighted by Crippen LogP contribution is 2.33. The van der Waals surface area contributed by atoms with Crippen molar-refractivity contribution in [3.63, 3.8) is 0 Å². The monoisotopic (exact) mass is 1170 g/mol. The van der Waals surface area contributed by atoms with Crippen molar-refractivity contribution in [1.29, 1.82) is 0 Å². The number of amides is 8. The lowest BCUT2D eigenvalue weighted by atomic mass is 9.96. The molecule has 0 aliphatic carbocycles. The van der Waals surface area contributed by atoms with E-state index in [2.05, 4.69) is 27.1 Å². The van der Waals surface area contributed by atoms with E-state index in [0.29, 0.717) is 28.7 Å². The smallest absolute Gasteiger partial charge is 0.446 e. The maximum Gasteiger partial charge on any atom is 0.446 e. The van der Waals surface area contributed by atoms with Crippen LogP contribution in [0.15, 0.2) is 18.2 Å². The van der Waals surface area contributed by atoms with Gasteiger partial charge in [-0.25, -0.2) is 0 Å². The zero-order valence-corrected chi connectivity index (χ0v) is 46.5. The van der Waals surface area contributed by atoms with Crippen LogP contribution in [0, 0.1) is 5.92 Å². The minimum absolute atomic E-state index is 0.114. The molecule has 458 valence electrons. The fraction of sp³-hybridized carbons (Fsp3) is 0.725. The van der Waals surface area contributed by atoms with Crippen LogP contribution in [0.5, 0.6) is 11.5 Å². The molecule has 3 heterocycles. The first kappa shape index (κ1) is 67.7. The van der Waals surface area contributed by atoms with Gasteiger partial charge in [-0.2, -0.15) is 8.42 Å². The van der Waals surface area contributed by atoms with Crippen LogP contribution in [0.4, 0.5) is 0 Å². The number of aliphatic hydroxyl groups is 8. The molecule has 0 radical (unpaired) electrons. The van der Waals surface area contributed by atoms with E-state index in [-0.39, 0.29) is 6.42 Å². The second-order valence-electron chi connectivity index (χ2n) is 21.3. The summed E-state index contributed by atoms with van der Waals surface area (Å²) in [6.45, 7) is 3.39. The summed E-state index contributed by atoms with van der Waals surface area (Å²) in [5.74, 6) is -13.3. The lowest BCUT2D eigenvalue weighted by molar-refractivity contribution is -0.149. The van der Waals surface area contributed by atoms with Crippen molar-refractivity contribution in [2.75, 3.05) is 13.1 Å². The van der Waals surface area contributed by atoms with Crippen LogP contribution >= 0.6 is 0 Å². The van der Waals surface area contributed by atoms with Gasteiger partial charge in [0.05, 0.1) is 30.8 Å². The largest absolute Gasteiger partial charge is 0.504 e. The average molecular weight is 1180 g/mol. The Morgan fingerprint density at radius 3 is 1.86 bits per heavy atom. The van der Waals surface area contributed by atoms with Crippen molar-refractivity contribution in [3.8, 4) is 11.5 Å². The molecule has 3 fully saturated rings. The number of carbonyl (C=O) groups excluding carboxylic acids is 8. The van der Waals surface area contributed by atoms with Gasteiger partial charge in [-0.05, 0) is 31.0 Å². The molecular formula is C51H82N8O21S. The molecule has 30 heteroatoms. The van der Waals surface area contributed by atoms with E-state index in [1.54, 1.807) is 0 Å². The van der Waals surface area contributed by atoms with Crippen LogP contribution in [-0.2, 0) is 48.8 Å². The highest BCUT2D eigenvalue weighted by Gasteiger charge is 2.51. The molecule has 0 spiro atoms. The number of aliphatic hydroxyl groups excluding tert-OH is 8. The molecule has 2 unspecified atom stereocenters. The Kier molecular flexibility index (Phi) is 26.4. The second kappa shape index (κ2) is 31.6. The zero-order valence-electron chi connectivity index (χ0n) is 45.7. The quantitative estimate of drug-likeness (QED) is 0.0351. The summed E-state index contributed by atoms with van der Waals surface area (Å²) in [5, 5.41) is 111. The predicted octanol–water partition coefficient (Wildman–Crippen LogP) is -3.63. The number of aromatic hydroxyl groups is 1. The van der Waals surface area contributed by atoms with Gasteiger partial charge in [0.15, 0.2) is 17.7 Å². The van der Waals surface area contributed by atoms with E-state index in [0.717, 1.165) is 51.2 Å². The summed E-state index contributed by atoms with van der Waals surface area (Å²) in [5.41, 5.74) is 4.75. The minimum atomic E-state index is -5.33. The van der Waals surface area contributed by atoms with Gasteiger partial charge >= 0.3 is 10.4 Å². The number of nitrogens with zero attached hydrogens (tertiary/aromatic N) is 2. The first-order valence-corrected chi connectivity index (χ1v) is 28.8. The first-order valence-electron chi connectivity index (χ1n) is 27.4. The average Bonchev–Trinajstić information content (AvgIpc) is 3.94. The number of fused-ring (bicyclic) bond motifs is 2. The van der Waals surface area contributed by atoms with E-state index in [1.165, 1.54) is 45.4 Å². The maximum absolute atomic E-state index is 14.6. The summed E-state index contributed by atoms with van der Waals surface area (Å²) in [6.07, 6.45) is -6.43.